The third kappa shape index (κ3) is 5.02. The zero-order valence-electron chi connectivity index (χ0n) is 14.9. The number of carbonyl (C=O) groups is 2. The number of nitrogens with zero attached hydrogens (tertiary/aromatic N) is 1. The van der Waals surface area contributed by atoms with Crippen LogP contribution in [0.5, 0.6) is 0 Å². The molecule has 8 heteroatoms. The molecule has 0 atom stereocenters. The van der Waals surface area contributed by atoms with Gasteiger partial charge >= 0.3 is 5.97 Å². The van der Waals surface area contributed by atoms with Crippen molar-refractivity contribution >= 4 is 46.4 Å². The Morgan fingerprint density at radius 2 is 1.85 bits per heavy atom. The van der Waals surface area contributed by atoms with Crippen molar-refractivity contribution in [1.29, 1.82) is 0 Å². The molecule has 0 bridgehead atoms. The van der Waals surface area contributed by atoms with Crippen molar-refractivity contribution in [3.63, 3.8) is 0 Å². The lowest BCUT2D eigenvalue weighted by atomic mass is 10.0. The molecule has 2 heterocycles. The molecule has 1 aliphatic heterocycles. The van der Waals surface area contributed by atoms with Gasteiger partial charge in [0.1, 0.15) is 4.34 Å². The smallest absolute Gasteiger partial charge is 0.337 e. The maximum atomic E-state index is 12.6. The summed E-state index contributed by atoms with van der Waals surface area (Å²) >= 11 is 13.5. The largest absolute Gasteiger partial charge is 0.465 e. The van der Waals surface area contributed by atoms with Gasteiger partial charge in [0.2, 0.25) is 0 Å². The van der Waals surface area contributed by atoms with Crippen LogP contribution in [0.1, 0.15) is 33.6 Å². The van der Waals surface area contributed by atoms with E-state index in [0.29, 0.717) is 31.9 Å². The number of hydrogen-bond acceptors (Lipinski definition) is 5. The maximum absolute atomic E-state index is 12.6. The number of carbonyl (C=O) groups excluding carboxylic acids is 2. The molecule has 1 saturated heterocycles. The van der Waals surface area contributed by atoms with Crippen molar-refractivity contribution in [1.82, 2.24) is 10.2 Å². The molecule has 144 valence electrons. The molecular formula is C19H20Cl2N2O3S. The molecule has 1 aromatic carbocycles. The molecule has 0 radical (unpaired) electrons. The maximum Gasteiger partial charge on any atom is 0.337 e. The Morgan fingerprint density at radius 1 is 1.15 bits per heavy atom. The number of hydrogen-bond donors (Lipinski definition) is 1. The second kappa shape index (κ2) is 9.06. The van der Waals surface area contributed by atoms with Gasteiger partial charge in [-0.1, -0.05) is 23.2 Å². The molecule has 0 unspecified atom stereocenters. The zero-order valence-corrected chi connectivity index (χ0v) is 17.2. The number of benzene rings is 1. The van der Waals surface area contributed by atoms with Crippen LogP contribution >= 0.6 is 34.5 Å². The van der Waals surface area contributed by atoms with Crippen LogP contribution in [0.3, 0.4) is 0 Å². The van der Waals surface area contributed by atoms with Gasteiger partial charge in [0.15, 0.2) is 0 Å². The molecule has 1 aliphatic rings. The van der Waals surface area contributed by atoms with E-state index in [1.54, 1.807) is 18.2 Å². The van der Waals surface area contributed by atoms with Crippen LogP contribution in [-0.2, 0) is 4.74 Å². The van der Waals surface area contributed by atoms with E-state index in [-0.39, 0.29) is 11.5 Å². The average molecular weight is 427 g/mol. The number of nitrogens with one attached hydrogen (secondary N) is 1. The molecule has 1 amide bonds. The lowest BCUT2D eigenvalue weighted by molar-refractivity contribution is 0.0601. The van der Waals surface area contributed by atoms with Crippen molar-refractivity contribution < 1.29 is 14.3 Å². The quantitative estimate of drug-likeness (QED) is 0.698. The molecule has 1 N–H and O–H groups in total. The van der Waals surface area contributed by atoms with E-state index in [4.69, 9.17) is 27.9 Å². The van der Waals surface area contributed by atoms with Crippen LogP contribution in [0.4, 0.5) is 0 Å². The van der Waals surface area contributed by atoms with Gasteiger partial charge in [-0.05, 0) is 55.8 Å². The molecule has 1 fully saturated rings. The minimum Gasteiger partial charge on any atom is -0.465 e. The summed E-state index contributed by atoms with van der Waals surface area (Å²) in [4.78, 5) is 27.0. The molecule has 3 rings (SSSR count). The molecule has 2 aromatic rings. The number of amides is 1. The average Bonchev–Trinajstić information content (AvgIpc) is 3.29. The fourth-order valence-electron chi connectivity index (χ4n) is 3.12. The SMILES string of the molecule is COC(=O)c1cc(C(=O)NCCN2CCCC2)cc(-c2cc(Cl)sc2Cl)c1. The summed E-state index contributed by atoms with van der Waals surface area (Å²) in [6, 6.07) is 6.61. The Morgan fingerprint density at radius 3 is 2.48 bits per heavy atom. The standard InChI is InChI=1S/C19H20Cl2N2O3S/c1-26-19(25)14-9-12(15-11-16(20)27-17(15)21)8-13(10-14)18(24)22-4-7-23-5-2-3-6-23/h8-11H,2-7H2,1H3,(H,22,24). The van der Waals surface area contributed by atoms with Gasteiger partial charge in [-0.2, -0.15) is 0 Å². The summed E-state index contributed by atoms with van der Waals surface area (Å²) in [5.41, 5.74) is 2.00. The summed E-state index contributed by atoms with van der Waals surface area (Å²) in [5.74, 6) is -0.751. The first-order valence-electron chi connectivity index (χ1n) is 8.67. The fraction of sp³-hybridized carbons (Fsp3) is 0.368. The Balaban J connectivity index is 1.82. The zero-order chi connectivity index (χ0) is 19.4. The van der Waals surface area contributed by atoms with Crippen molar-refractivity contribution in [2.45, 2.75) is 12.8 Å². The van der Waals surface area contributed by atoms with Crippen LogP contribution in [0.2, 0.25) is 8.67 Å². The third-order valence-corrected chi connectivity index (χ3v) is 5.98. The van der Waals surface area contributed by atoms with E-state index >= 15 is 0 Å². The number of thiophene rings is 1. The van der Waals surface area contributed by atoms with Gasteiger partial charge < -0.3 is 15.0 Å². The summed E-state index contributed by atoms with van der Waals surface area (Å²) in [5, 5.41) is 2.92. The van der Waals surface area contributed by atoms with Gasteiger partial charge in [0.25, 0.3) is 5.91 Å². The van der Waals surface area contributed by atoms with E-state index in [2.05, 4.69) is 10.2 Å². The topological polar surface area (TPSA) is 58.6 Å². The highest BCUT2D eigenvalue weighted by Crippen LogP contribution is 2.38. The van der Waals surface area contributed by atoms with Crippen molar-refractivity contribution in [2.24, 2.45) is 0 Å². The second-order valence-corrected chi connectivity index (χ2v) is 8.62. The molecular weight excluding hydrogens is 407 g/mol. The molecule has 5 nitrogen and oxygen atoms in total. The lowest BCUT2D eigenvalue weighted by Gasteiger charge is -2.15. The highest BCUT2D eigenvalue weighted by atomic mass is 35.5. The number of ether oxygens (including phenoxy) is 1. The van der Waals surface area contributed by atoms with E-state index in [0.717, 1.165) is 19.6 Å². The number of likely N-dealkylation sites (tertiary alicyclic amines) is 1. The predicted molar refractivity (Wildman–Crippen MR) is 109 cm³/mol. The van der Waals surface area contributed by atoms with Crippen molar-refractivity contribution in [3.8, 4) is 11.1 Å². The van der Waals surface area contributed by atoms with Crippen molar-refractivity contribution in [2.75, 3.05) is 33.3 Å². The Hall–Kier alpha value is -1.60. The normalized spacial score (nSPS) is 14.3. The Bertz CT molecular complexity index is 847. The van der Waals surface area contributed by atoms with Crippen LogP contribution in [0.15, 0.2) is 24.3 Å². The first kappa shape index (κ1) is 20.1. The summed E-state index contributed by atoms with van der Waals surface area (Å²) in [7, 11) is 1.30. The lowest BCUT2D eigenvalue weighted by Crippen LogP contribution is -2.33. The monoisotopic (exact) mass is 426 g/mol. The molecule has 0 saturated carbocycles. The van der Waals surface area contributed by atoms with Crippen LogP contribution in [0.25, 0.3) is 11.1 Å². The minimum atomic E-state index is -0.514. The van der Waals surface area contributed by atoms with Gasteiger partial charge in [0, 0.05) is 24.2 Å². The number of halogens is 2. The highest BCUT2D eigenvalue weighted by Gasteiger charge is 2.17. The Kier molecular flexibility index (Phi) is 6.76. The second-order valence-electron chi connectivity index (χ2n) is 6.33. The number of rotatable bonds is 6. The molecule has 1 aromatic heterocycles. The first-order valence-corrected chi connectivity index (χ1v) is 10.2. The molecule has 27 heavy (non-hydrogen) atoms. The Labute approximate surface area is 172 Å². The molecule has 0 aliphatic carbocycles. The van der Waals surface area contributed by atoms with E-state index in [9.17, 15) is 9.59 Å². The van der Waals surface area contributed by atoms with Gasteiger partial charge in [-0.3, -0.25) is 4.79 Å². The van der Waals surface area contributed by atoms with Gasteiger partial charge in [-0.15, -0.1) is 11.3 Å². The van der Waals surface area contributed by atoms with Gasteiger partial charge in [0.05, 0.1) is 17.0 Å². The van der Waals surface area contributed by atoms with Gasteiger partial charge in [-0.25, -0.2) is 4.79 Å². The van der Waals surface area contributed by atoms with E-state index in [1.165, 1.54) is 37.4 Å². The predicted octanol–water partition coefficient (Wildman–Crippen LogP) is 4.33. The minimum absolute atomic E-state index is 0.237. The highest BCUT2D eigenvalue weighted by molar-refractivity contribution is 7.20. The molecule has 0 spiro atoms. The van der Waals surface area contributed by atoms with E-state index in [1.807, 2.05) is 0 Å². The number of esters is 1. The third-order valence-electron chi connectivity index (χ3n) is 4.50. The fourth-order valence-corrected chi connectivity index (χ4v) is 4.63. The summed E-state index contributed by atoms with van der Waals surface area (Å²) in [6.07, 6.45) is 2.42. The summed E-state index contributed by atoms with van der Waals surface area (Å²) in [6.45, 7) is 3.54. The van der Waals surface area contributed by atoms with Crippen LogP contribution < -0.4 is 5.32 Å². The van der Waals surface area contributed by atoms with Crippen LogP contribution in [0, 0.1) is 0 Å². The van der Waals surface area contributed by atoms with Crippen molar-refractivity contribution in [3.05, 3.63) is 44.1 Å². The number of methoxy groups -OCH3 is 1. The first-order chi connectivity index (χ1) is 13.0. The summed E-state index contributed by atoms with van der Waals surface area (Å²) < 4.78 is 5.85. The van der Waals surface area contributed by atoms with E-state index < -0.39 is 5.97 Å². The van der Waals surface area contributed by atoms with Crippen LogP contribution in [-0.4, -0.2) is 50.1 Å².